The van der Waals surface area contributed by atoms with Gasteiger partial charge < -0.3 is 0 Å². The lowest BCUT2D eigenvalue weighted by atomic mass is 10.1. The van der Waals surface area contributed by atoms with E-state index in [0.717, 1.165) is 6.92 Å². The molecule has 84 valence electrons. The van der Waals surface area contributed by atoms with Crippen LogP contribution in [-0.4, -0.2) is 4.98 Å². The van der Waals surface area contributed by atoms with Gasteiger partial charge in [-0.05, 0) is 35.1 Å². The average Bonchev–Trinajstić information content (AvgIpc) is 2.06. The lowest BCUT2D eigenvalue weighted by Gasteiger charge is -2.13. The summed E-state index contributed by atoms with van der Waals surface area (Å²) < 4.78 is 61.4. The Balaban J connectivity index is 3.34. The molecule has 0 fully saturated rings. The Hall–Kier alpha value is -0.470. The van der Waals surface area contributed by atoms with Crippen LogP contribution in [0.4, 0.5) is 22.0 Å². The standard InChI is InChI=1S/C8H5F5IN/c1-3-4(8(11,12)13)2-15-6(5(3)14)7(9)10/h2,7H,1H3. The molecule has 0 unspecified atom stereocenters. The molecule has 0 saturated heterocycles. The fourth-order valence-corrected chi connectivity index (χ4v) is 1.70. The molecule has 1 nitrogen and oxygen atoms in total. The number of rotatable bonds is 1. The molecule has 0 saturated carbocycles. The van der Waals surface area contributed by atoms with Crippen LogP contribution in [0.5, 0.6) is 0 Å². The van der Waals surface area contributed by atoms with Crippen LogP contribution in [-0.2, 0) is 6.18 Å². The van der Waals surface area contributed by atoms with E-state index in [9.17, 15) is 22.0 Å². The predicted octanol–water partition coefficient (Wildman–Crippen LogP) is 3.95. The summed E-state index contributed by atoms with van der Waals surface area (Å²) in [5, 5.41) is 0. The molecule has 0 bridgehead atoms. The van der Waals surface area contributed by atoms with Crippen molar-refractivity contribution in [2.24, 2.45) is 0 Å². The van der Waals surface area contributed by atoms with Gasteiger partial charge in [-0.2, -0.15) is 13.2 Å². The fourth-order valence-electron chi connectivity index (χ4n) is 1.04. The van der Waals surface area contributed by atoms with Crippen LogP contribution < -0.4 is 0 Å². The molecule has 0 spiro atoms. The second-order valence-corrected chi connectivity index (χ2v) is 3.87. The van der Waals surface area contributed by atoms with Gasteiger partial charge in [0.2, 0.25) is 0 Å². The van der Waals surface area contributed by atoms with Gasteiger partial charge in [0.1, 0.15) is 5.69 Å². The highest BCUT2D eigenvalue weighted by Crippen LogP contribution is 2.35. The Morgan fingerprint density at radius 2 is 1.87 bits per heavy atom. The van der Waals surface area contributed by atoms with Gasteiger partial charge in [0.05, 0.1) is 5.56 Å². The molecule has 1 rings (SSSR count). The van der Waals surface area contributed by atoms with Crippen molar-refractivity contribution in [3.8, 4) is 0 Å². The van der Waals surface area contributed by atoms with Crippen LogP contribution in [0.15, 0.2) is 6.20 Å². The van der Waals surface area contributed by atoms with Crippen molar-refractivity contribution in [3.05, 3.63) is 26.6 Å². The summed E-state index contributed by atoms with van der Waals surface area (Å²) in [6, 6.07) is 0. The van der Waals surface area contributed by atoms with Crippen LogP contribution in [0.2, 0.25) is 0 Å². The maximum absolute atomic E-state index is 12.3. The lowest BCUT2D eigenvalue weighted by molar-refractivity contribution is -0.138. The SMILES string of the molecule is Cc1c(C(F)(F)F)cnc(C(F)F)c1I. The molecule has 1 aromatic rings. The largest absolute Gasteiger partial charge is 0.418 e. The zero-order valence-electron chi connectivity index (χ0n) is 7.37. The van der Waals surface area contributed by atoms with Crippen molar-refractivity contribution in [1.29, 1.82) is 0 Å². The topological polar surface area (TPSA) is 12.9 Å². The minimum Gasteiger partial charge on any atom is -0.254 e. The normalized spacial score (nSPS) is 12.3. The Bertz CT molecular complexity index is 374. The molecular weight excluding hydrogens is 332 g/mol. The zero-order chi connectivity index (χ0) is 11.8. The third-order valence-electron chi connectivity index (χ3n) is 1.80. The Morgan fingerprint density at radius 1 is 1.33 bits per heavy atom. The van der Waals surface area contributed by atoms with Crippen LogP contribution in [0.1, 0.15) is 23.2 Å². The van der Waals surface area contributed by atoms with E-state index in [0.29, 0.717) is 6.20 Å². The van der Waals surface area contributed by atoms with Gasteiger partial charge >= 0.3 is 6.18 Å². The highest BCUT2D eigenvalue weighted by molar-refractivity contribution is 14.1. The summed E-state index contributed by atoms with van der Waals surface area (Å²) in [6.07, 6.45) is -6.98. The van der Waals surface area contributed by atoms with Gasteiger partial charge in [0.25, 0.3) is 6.43 Å². The molecule has 0 aliphatic rings. The predicted molar refractivity (Wildman–Crippen MR) is 51.7 cm³/mol. The van der Waals surface area contributed by atoms with Crippen LogP contribution >= 0.6 is 22.6 Å². The number of nitrogens with zero attached hydrogens (tertiary/aromatic N) is 1. The number of hydrogen-bond donors (Lipinski definition) is 0. The minimum atomic E-state index is -4.56. The quantitative estimate of drug-likeness (QED) is 0.559. The smallest absolute Gasteiger partial charge is 0.254 e. The van der Waals surface area contributed by atoms with E-state index >= 15 is 0 Å². The number of pyridine rings is 1. The maximum atomic E-state index is 12.3. The molecule has 0 radical (unpaired) electrons. The first-order valence-electron chi connectivity index (χ1n) is 3.75. The first kappa shape index (κ1) is 12.6. The van der Waals surface area contributed by atoms with Crippen molar-refractivity contribution in [3.63, 3.8) is 0 Å². The first-order chi connectivity index (χ1) is 6.75. The van der Waals surface area contributed by atoms with E-state index in [4.69, 9.17) is 0 Å². The molecule has 0 atom stereocenters. The van der Waals surface area contributed by atoms with E-state index in [1.807, 2.05) is 0 Å². The molecule has 0 amide bonds. The first-order valence-corrected chi connectivity index (χ1v) is 4.83. The van der Waals surface area contributed by atoms with Gasteiger partial charge in [-0.25, -0.2) is 8.78 Å². The second-order valence-electron chi connectivity index (χ2n) is 2.79. The Morgan fingerprint density at radius 3 is 2.27 bits per heavy atom. The van der Waals surface area contributed by atoms with Gasteiger partial charge in [-0.1, -0.05) is 0 Å². The van der Waals surface area contributed by atoms with E-state index in [1.54, 1.807) is 0 Å². The Labute approximate surface area is 95.8 Å². The number of aromatic nitrogens is 1. The van der Waals surface area contributed by atoms with E-state index in [-0.39, 0.29) is 9.13 Å². The monoisotopic (exact) mass is 337 g/mol. The number of hydrogen-bond acceptors (Lipinski definition) is 1. The van der Waals surface area contributed by atoms with Crippen LogP contribution in [0.3, 0.4) is 0 Å². The molecule has 7 heteroatoms. The molecule has 0 N–H and O–H groups in total. The number of alkyl halides is 5. The summed E-state index contributed by atoms with van der Waals surface area (Å²) in [7, 11) is 0. The van der Waals surface area contributed by atoms with Crippen molar-refractivity contribution < 1.29 is 22.0 Å². The van der Waals surface area contributed by atoms with Crippen molar-refractivity contribution in [2.45, 2.75) is 19.5 Å². The van der Waals surface area contributed by atoms with Gasteiger partial charge in [0, 0.05) is 9.77 Å². The lowest BCUT2D eigenvalue weighted by Crippen LogP contribution is -2.11. The summed E-state index contributed by atoms with van der Waals surface area (Å²) >= 11 is 1.44. The summed E-state index contributed by atoms with van der Waals surface area (Å²) in [5.41, 5.74) is -1.80. The van der Waals surface area contributed by atoms with Crippen LogP contribution in [0.25, 0.3) is 0 Å². The van der Waals surface area contributed by atoms with Gasteiger partial charge in [-0.3, -0.25) is 4.98 Å². The summed E-state index contributed by atoms with van der Waals surface area (Å²) in [5.74, 6) is 0. The van der Waals surface area contributed by atoms with Crippen molar-refractivity contribution >= 4 is 22.6 Å². The highest BCUT2D eigenvalue weighted by Gasteiger charge is 2.34. The van der Waals surface area contributed by atoms with Gasteiger partial charge in [-0.15, -0.1) is 0 Å². The van der Waals surface area contributed by atoms with E-state index in [2.05, 4.69) is 4.98 Å². The molecule has 0 aromatic carbocycles. The summed E-state index contributed by atoms with van der Waals surface area (Å²) in [6.45, 7) is 1.15. The second kappa shape index (κ2) is 4.18. The third kappa shape index (κ3) is 2.56. The average molecular weight is 337 g/mol. The molecule has 1 heterocycles. The fraction of sp³-hybridized carbons (Fsp3) is 0.375. The van der Waals surface area contributed by atoms with Crippen molar-refractivity contribution in [1.82, 2.24) is 4.98 Å². The maximum Gasteiger partial charge on any atom is 0.418 e. The van der Waals surface area contributed by atoms with E-state index in [1.165, 1.54) is 22.6 Å². The van der Waals surface area contributed by atoms with Gasteiger partial charge in [0.15, 0.2) is 0 Å². The summed E-state index contributed by atoms with van der Waals surface area (Å²) in [4.78, 5) is 3.13. The third-order valence-corrected chi connectivity index (χ3v) is 3.16. The van der Waals surface area contributed by atoms with E-state index < -0.39 is 23.9 Å². The zero-order valence-corrected chi connectivity index (χ0v) is 9.53. The highest BCUT2D eigenvalue weighted by atomic mass is 127. The Kier molecular flexibility index (Phi) is 3.51. The molecule has 15 heavy (non-hydrogen) atoms. The number of halogens is 6. The molecule has 0 aliphatic carbocycles. The molecule has 0 aliphatic heterocycles. The molecule has 1 aromatic heterocycles. The minimum absolute atomic E-state index is 0.141. The van der Waals surface area contributed by atoms with Crippen molar-refractivity contribution in [2.75, 3.05) is 0 Å². The molecular formula is C8H5F5IN. The van der Waals surface area contributed by atoms with Crippen LogP contribution in [0, 0.1) is 10.5 Å².